The Bertz CT molecular complexity index is 379. The van der Waals surface area contributed by atoms with Crippen LogP contribution in [0.25, 0.3) is 0 Å². The zero-order valence-corrected chi connectivity index (χ0v) is 11.7. The van der Waals surface area contributed by atoms with Gasteiger partial charge in [0.05, 0.1) is 6.10 Å². The predicted molar refractivity (Wildman–Crippen MR) is 75.7 cm³/mol. The molecule has 1 fully saturated rings. The summed E-state index contributed by atoms with van der Waals surface area (Å²) in [6.45, 7) is 7.26. The molecule has 0 aromatic heterocycles. The molecule has 0 amide bonds. The second kappa shape index (κ2) is 5.41. The summed E-state index contributed by atoms with van der Waals surface area (Å²) in [6.07, 6.45) is 3.37. The molecule has 100 valence electrons. The summed E-state index contributed by atoms with van der Waals surface area (Å²) >= 11 is 0. The van der Waals surface area contributed by atoms with Crippen molar-refractivity contribution >= 4 is 0 Å². The van der Waals surface area contributed by atoms with Crippen molar-refractivity contribution in [3.05, 3.63) is 35.4 Å². The lowest BCUT2D eigenvalue weighted by molar-refractivity contribution is 0.132. The van der Waals surface area contributed by atoms with Crippen LogP contribution in [0, 0.1) is 0 Å². The van der Waals surface area contributed by atoms with E-state index in [4.69, 9.17) is 0 Å². The zero-order chi connectivity index (χ0) is 13.2. The molecule has 2 rings (SSSR count). The molecule has 2 heteroatoms. The number of rotatable bonds is 5. The SMILES string of the molecule is CC(C)c1ccc(C(O)CNC2(C)CCC2)cc1. The van der Waals surface area contributed by atoms with Crippen LogP contribution in [-0.4, -0.2) is 17.2 Å². The van der Waals surface area contributed by atoms with Gasteiger partial charge < -0.3 is 10.4 Å². The molecule has 1 aliphatic carbocycles. The molecule has 1 unspecified atom stereocenters. The third-order valence-corrected chi connectivity index (χ3v) is 4.17. The summed E-state index contributed by atoms with van der Waals surface area (Å²) in [5.74, 6) is 0.545. The summed E-state index contributed by atoms with van der Waals surface area (Å²) in [6, 6.07) is 8.33. The molecule has 2 nitrogen and oxygen atoms in total. The smallest absolute Gasteiger partial charge is 0.0914 e. The lowest BCUT2D eigenvalue weighted by Gasteiger charge is -2.40. The first-order valence-corrected chi connectivity index (χ1v) is 7.03. The number of hydrogen-bond acceptors (Lipinski definition) is 2. The first kappa shape index (κ1) is 13.6. The van der Waals surface area contributed by atoms with Crippen LogP contribution < -0.4 is 5.32 Å². The second-order valence-corrected chi connectivity index (χ2v) is 6.13. The highest BCUT2D eigenvalue weighted by molar-refractivity contribution is 5.26. The number of aliphatic hydroxyl groups excluding tert-OH is 1. The van der Waals surface area contributed by atoms with E-state index in [9.17, 15) is 5.11 Å². The van der Waals surface area contributed by atoms with E-state index >= 15 is 0 Å². The maximum Gasteiger partial charge on any atom is 0.0914 e. The van der Waals surface area contributed by atoms with Crippen molar-refractivity contribution in [3.8, 4) is 0 Å². The van der Waals surface area contributed by atoms with Gasteiger partial charge in [0.1, 0.15) is 0 Å². The number of aliphatic hydroxyl groups is 1. The predicted octanol–water partition coefficient (Wildman–Crippen LogP) is 3.38. The van der Waals surface area contributed by atoms with Gasteiger partial charge >= 0.3 is 0 Å². The van der Waals surface area contributed by atoms with Gasteiger partial charge in [-0.3, -0.25) is 0 Å². The quantitative estimate of drug-likeness (QED) is 0.836. The molecule has 2 N–H and O–H groups in total. The highest BCUT2D eigenvalue weighted by Gasteiger charge is 2.31. The molecular weight excluding hydrogens is 222 g/mol. The lowest BCUT2D eigenvalue weighted by Crippen LogP contribution is -2.49. The fourth-order valence-electron chi connectivity index (χ4n) is 2.45. The van der Waals surface area contributed by atoms with E-state index in [0.29, 0.717) is 12.5 Å². The summed E-state index contributed by atoms with van der Waals surface area (Å²) in [5.41, 5.74) is 2.60. The van der Waals surface area contributed by atoms with Gasteiger partial charge in [-0.15, -0.1) is 0 Å². The average molecular weight is 247 g/mol. The van der Waals surface area contributed by atoms with Crippen LogP contribution in [-0.2, 0) is 0 Å². The van der Waals surface area contributed by atoms with Crippen molar-refractivity contribution in [2.75, 3.05) is 6.54 Å². The van der Waals surface area contributed by atoms with Crippen LogP contribution >= 0.6 is 0 Å². The highest BCUT2D eigenvalue weighted by Crippen LogP contribution is 2.31. The Morgan fingerprint density at radius 2 is 1.72 bits per heavy atom. The van der Waals surface area contributed by atoms with Gasteiger partial charge in [0, 0.05) is 12.1 Å². The molecule has 1 atom stereocenters. The van der Waals surface area contributed by atoms with Crippen LogP contribution in [0.3, 0.4) is 0 Å². The molecule has 1 aliphatic rings. The highest BCUT2D eigenvalue weighted by atomic mass is 16.3. The van der Waals surface area contributed by atoms with Gasteiger partial charge in [0.2, 0.25) is 0 Å². The van der Waals surface area contributed by atoms with Crippen molar-refractivity contribution in [1.29, 1.82) is 0 Å². The van der Waals surface area contributed by atoms with Crippen molar-refractivity contribution in [2.24, 2.45) is 0 Å². The molecule has 1 aromatic carbocycles. The number of benzene rings is 1. The van der Waals surface area contributed by atoms with Crippen molar-refractivity contribution in [1.82, 2.24) is 5.32 Å². The van der Waals surface area contributed by atoms with E-state index < -0.39 is 6.10 Å². The first-order valence-electron chi connectivity index (χ1n) is 7.03. The van der Waals surface area contributed by atoms with Crippen molar-refractivity contribution in [3.63, 3.8) is 0 Å². The van der Waals surface area contributed by atoms with E-state index in [1.54, 1.807) is 0 Å². The van der Waals surface area contributed by atoms with Crippen LogP contribution in [0.5, 0.6) is 0 Å². The summed E-state index contributed by atoms with van der Waals surface area (Å²) < 4.78 is 0. The molecule has 0 aliphatic heterocycles. The maximum absolute atomic E-state index is 10.2. The van der Waals surface area contributed by atoms with Crippen LogP contribution in [0.1, 0.15) is 63.2 Å². The van der Waals surface area contributed by atoms with Gasteiger partial charge in [-0.2, -0.15) is 0 Å². The Hall–Kier alpha value is -0.860. The van der Waals surface area contributed by atoms with Crippen molar-refractivity contribution in [2.45, 2.75) is 57.6 Å². The van der Waals surface area contributed by atoms with E-state index in [1.165, 1.54) is 24.8 Å². The summed E-state index contributed by atoms with van der Waals surface area (Å²) in [5, 5.41) is 13.7. The van der Waals surface area contributed by atoms with Gasteiger partial charge in [0.25, 0.3) is 0 Å². The third kappa shape index (κ3) is 3.12. The van der Waals surface area contributed by atoms with Crippen LogP contribution in [0.4, 0.5) is 0 Å². The minimum Gasteiger partial charge on any atom is -0.387 e. The topological polar surface area (TPSA) is 32.3 Å². The summed E-state index contributed by atoms with van der Waals surface area (Å²) in [4.78, 5) is 0. The maximum atomic E-state index is 10.2. The molecular formula is C16H25NO. The minimum absolute atomic E-state index is 0.263. The number of nitrogens with one attached hydrogen (secondary N) is 1. The molecule has 18 heavy (non-hydrogen) atoms. The van der Waals surface area contributed by atoms with Gasteiger partial charge in [0.15, 0.2) is 0 Å². The van der Waals surface area contributed by atoms with E-state index in [1.807, 2.05) is 12.1 Å². The van der Waals surface area contributed by atoms with Crippen molar-refractivity contribution < 1.29 is 5.11 Å². The monoisotopic (exact) mass is 247 g/mol. The normalized spacial score (nSPS) is 19.6. The third-order valence-electron chi connectivity index (χ3n) is 4.17. The Labute approximate surface area is 110 Å². The number of hydrogen-bond donors (Lipinski definition) is 2. The Morgan fingerprint density at radius 1 is 1.17 bits per heavy atom. The van der Waals surface area contributed by atoms with Crippen LogP contribution in [0.15, 0.2) is 24.3 Å². The molecule has 0 radical (unpaired) electrons. The fourth-order valence-corrected chi connectivity index (χ4v) is 2.45. The molecule has 0 heterocycles. The largest absolute Gasteiger partial charge is 0.387 e. The van der Waals surface area contributed by atoms with Gasteiger partial charge in [-0.05, 0) is 43.2 Å². The van der Waals surface area contributed by atoms with E-state index in [2.05, 4.69) is 38.2 Å². The lowest BCUT2D eigenvalue weighted by atomic mass is 9.78. The molecule has 1 saturated carbocycles. The molecule has 0 saturated heterocycles. The molecule has 0 bridgehead atoms. The van der Waals surface area contributed by atoms with Gasteiger partial charge in [-0.1, -0.05) is 38.1 Å². The fraction of sp³-hybridized carbons (Fsp3) is 0.625. The molecule has 1 aromatic rings. The first-order chi connectivity index (χ1) is 8.50. The standard InChI is InChI=1S/C16H25NO/c1-12(2)13-5-7-14(8-6-13)15(18)11-17-16(3)9-4-10-16/h5-8,12,15,17-18H,4,9-11H2,1-3H3. The Kier molecular flexibility index (Phi) is 4.08. The molecule has 0 spiro atoms. The summed E-state index contributed by atoms with van der Waals surface area (Å²) in [7, 11) is 0. The Morgan fingerprint density at radius 3 is 2.17 bits per heavy atom. The number of β-amino-alcohol motifs (C(OH)–C–C–N with tert-alkyl or cyclic N) is 1. The Balaban J connectivity index is 1.90. The zero-order valence-electron chi connectivity index (χ0n) is 11.7. The van der Waals surface area contributed by atoms with E-state index in [0.717, 1.165) is 5.56 Å². The van der Waals surface area contributed by atoms with Gasteiger partial charge in [-0.25, -0.2) is 0 Å². The van der Waals surface area contributed by atoms with E-state index in [-0.39, 0.29) is 5.54 Å². The minimum atomic E-state index is -0.399. The second-order valence-electron chi connectivity index (χ2n) is 6.13. The average Bonchev–Trinajstić information content (AvgIpc) is 2.33. The van der Waals surface area contributed by atoms with Crippen LogP contribution in [0.2, 0.25) is 0 Å².